The summed E-state index contributed by atoms with van der Waals surface area (Å²) in [4.78, 5) is 5.22. The monoisotopic (exact) mass is 446 g/mol. The van der Waals surface area contributed by atoms with E-state index in [0.717, 1.165) is 50.1 Å². The van der Waals surface area contributed by atoms with Crippen LogP contribution in [-0.2, 0) is 6.42 Å². The minimum atomic E-state index is -0.222. The molecule has 0 saturated carbocycles. The van der Waals surface area contributed by atoms with Gasteiger partial charge in [-0.1, -0.05) is 42.5 Å². The van der Waals surface area contributed by atoms with Crippen molar-refractivity contribution in [2.75, 3.05) is 31.1 Å². The molecule has 0 amide bonds. The highest BCUT2D eigenvalue weighted by atomic mass is 19.1. The van der Waals surface area contributed by atoms with Crippen LogP contribution in [0.1, 0.15) is 48.3 Å². The van der Waals surface area contributed by atoms with Gasteiger partial charge < -0.3 is 9.80 Å². The van der Waals surface area contributed by atoms with E-state index in [1.807, 2.05) is 24.3 Å². The van der Waals surface area contributed by atoms with Crippen LogP contribution in [0, 0.1) is 11.6 Å². The van der Waals surface area contributed by atoms with Crippen LogP contribution in [0.15, 0.2) is 72.8 Å². The highest BCUT2D eigenvalue weighted by Crippen LogP contribution is 2.33. The van der Waals surface area contributed by atoms with E-state index in [4.69, 9.17) is 0 Å². The van der Waals surface area contributed by atoms with Crippen LogP contribution in [0.4, 0.5) is 14.5 Å². The molecule has 0 spiro atoms. The maximum atomic E-state index is 13.5. The number of rotatable bonds is 7. The SMILES string of the molecule is Fc1ccc(C(CCCN2CCC(N3CCc4ccccc43)CC2)c2ccc(F)cc2)cc1. The Balaban J connectivity index is 1.16. The fourth-order valence-electron chi connectivity index (χ4n) is 5.63. The van der Waals surface area contributed by atoms with E-state index in [9.17, 15) is 8.78 Å². The fraction of sp³-hybridized carbons (Fsp3) is 0.379. The maximum absolute atomic E-state index is 13.5. The predicted octanol–water partition coefficient (Wildman–Crippen LogP) is 6.40. The van der Waals surface area contributed by atoms with E-state index in [-0.39, 0.29) is 17.6 Å². The lowest BCUT2D eigenvalue weighted by atomic mass is 9.87. The van der Waals surface area contributed by atoms with Crippen LogP contribution in [-0.4, -0.2) is 37.1 Å². The number of hydrogen-bond donors (Lipinski definition) is 0. The Kier molecular flexibility index (Phi) is 6.73. The largest absolute Gasteiger partial charge is 0.368 e. The average Bonchev–Trinajstić information content (AvgIpc) is 3.28. The topological polar surface area (TPSA) is 6.48 Å². The number of halogens is 2. The zero-order valence-electron chi connectivity index (χ0n) is 19.1. The molecule has 172 valence electrons. The molecular weight excluding hydrogens is 414 g/mol. The minimum absolute atomic E-state index is 0.157. The number of piperidine rings is 1. The number of anilines is 1. The second-order valence-corrected chi connectivity index (χ2v) is 9.44. The van der Waals surface area contributed by atoms with Crippen molar-refractivity contribution < 1.29 is 8.78 Å². The molecule has 5 rings (SSSR count). The number of hydrogen-bond acceptors (Lipinski definition) is 2. The van der Waals surface area contributed by atoms with E-state index in [2.05, 4.69) is 34.1 Å². The minimum Gasteiger partial charge on any atom is -0.368 e. The van der Waals surface area contributed by atoms with Crippen molar-refractivity contribution in [2.24, 2.45) is 0 Å². The smallest absolute Gasteiger partial charge is 0.123 e. The highest BCUT2D eigenvalue weighted by molar-refractivity contribution is 5.58. The van der Waals surface area contributed by atoms with Crippen molar-refractivity contribution in [2.45, 2.75) is 44.1 Å². The molecule has 2 heterocycles. The molecule has 0 radical (unpaired) electrons. The van der Waals surface area contributed by atoms with Gasteiger partial charge in [-0.3, -0.25) is 0 Å². The quantitative estimate of drug-likeness (QED) is 0.414. The third kappa shape index (κ3) is 5.11. The molecule has 1 fully saturated rings. The van der Waals surface area contributed by atoms with Crippen molar-refractivity contribution in [1.29, 1.82) is 0 Å². The van der Waals surface area contributed by atoms with Gasteiger partial charge in [0, 0.05) is 37.3 Å². The molecule has 2 nitrogen and oxygen atoms in total. The lowest BCUT2D eigenvalue weighted by Gasteiger charge is -2.38. The standard InChI is InChI=1S/C29H32F2N2/c30-25-11-7-22(8-12-25)28(23-9-13-26(31)14-10-23)5-3-18-32-19-16-27(17-20-32)33-21-15-24-4-1-2-6-29(24)33/h1-2,4,6-14,27-28H,3,5,15-21H2. The summed E-state index contributed by atoms with van der Waals surface area (Å²) in [7, 11) is 0. The van der Waals surface area contributed by atoms with Crippen LogP contribution < -0.4 is 4.90 Å². The molecule has 4 heteroatoms. The summed E-state index contributed by atoms with van der Waals surface area (Å²) >= 11 is 0. The van der Waals surface area contributed by atoms with Gasteiger partial charge in [0.25, 0.3) is 0 Å². The van der Waals surface area contributed by atoms with Gasteiger partial charge in [-0.05, 0) is 85.7 Å². The van der Waals surface area contributed by atoms with E-state index in [1.54, 1.807) is 0 Å². The summed E-state index contributed by atoms with van der Waals surface area (Å²) in [6, 6.07) is 23.0. The molecule has 0 aromatic heterocycles. The Labute approximate surface area is 195 Å². The lowest BCUT2D eigenvalue weighted by molar-refractivity contribution is 0.205. The molecule has 1 saturated heterocycles. The van der Waals surface area contributed by atoms with Crippen LogP contribution in [0.25, 0.3) is 0 Å². The number of benzene rings is 3. The summed E-state index contributed by atoms with van der Waals surface area (Å²) in [6.45, 7) is 4.51. The van der Waals surface area contributed by atoms with Crippen LogP contribution in [0.2, 0.25) is 0 Å². The van der Waals surface area contributed by atoms with Crippen molar-refractivity contribution >= 4 is 5.69 Å². The van der Waals surface area contributed by atoms with E-state index >= 15 is 0 Å². The van der Waals surface area contributed by atoms with E-state index in [0.29, 0.717) is 6.04 Å². The Morgan fingerprint density at radius 2 is 1.36 bits per heavy atom. The zero-order valence-corrected chi connectivity index (χ0v) is 19.1. The Bertz CT molecular complexity index is 994. The lowest BCUT2D eigenvalue weighted by Crippen LogP contribution is -2.44. The van der Waals surface area contributed by atoms with E-state index < -0.39 is 0 Å². The van der Waals surface area contributed by atoms with Crippen LogP contribution in [0.5, 0.6) is 0 Å². The van der Waals surface area contributed by atoms with Crippen molar-refractivity contribution in [3.05, 3.63) is 101 Å². The molecule has 2 aliphatic heterocycles. The molecule has 0 atom stereocenters. The first-order valence-corrected chi connectivity index (χ1v) is 12.3. The third-order valence-electron chi connectivity index (χ3n) is 7.43. The molecule has 3 aromatic rings. The van der Waals surface area contributed by atoms with E-state index in [1.165, 1.54) is 54.8 Å². The van der Waals surface area contributed by atoms with Crippen molar-refractivity contribution in [1.82, 2.24) is 4.90 Å². The summed E-state index contributed by atoms with van der Waals surface area (Å²) in [5.74, 6) is -0.287. The maximum Gasteiger partial charge on any atom is 0.123 e. The average molecular weight is 447 g/mol. The number of para-hydroxylation sites is 1. The normalized spacial score (nSPS) is 17.0. The van der Waals surface area contributed by atoms with Gasteiger partial charge >= 0.3 is 0 Å². The van der Waals surface area contributed by atoms with Gasteiger partial charge in [-0.15, -0.1) is 0 Å². The van der Waals surface area contributed by atoms with Gasteiger partial charge in [0.05, 0.1) is 0 Å². The van der Waals surface area contributed by atoms with Crippen molar-refractivity contribution in [3.63, 3.8) is 0 Å². The number of fused-ring (bicyclic) bond motifs is 1. The second kappa shape index (κ2) is 10.0. The molecule has 0 N–H and O–H groups in total. The molecule has 0 unspecified atom stereocenters. The molecule has 0 bridgehead atoms. The zero-order chi connectivity index (χ0) is 22.6. The first-order valence-electron chi connectivity index (χ1n) is 12.3. The van der Waals surface area contributed by atoms with Crippen molar-refractivity contribution in [3.8, 4) is 0 Å². The molecule has 0 aliphatic carbocycles. The Morgan fingerprint density at radius 1 is 0.758 bits per heavy atom. The molecule has 2 aliphatic rings. The highest BCUT2D eigenvalue weighted by Gasteiger charge is 2.29. The number of nitrogens with zero attached hydrogens (tertiary/aromatic N) is 2. The first-order chi connectivity index (χ1) is 16.2. The first kappa shape index (κ1) is 22.1. The molecule has 3 aromatic carbocycles. The summed E-state index contributed by atoms with van der Waals surface area (Å²) < 4.78 is 26.9. The van der Waals surface area contributed by atoms with Gasteiger partial charge in [0.2, 0.25) is 0 Å². The predicted molar refractivity (Wildman–Crippen MR) is 131 cm³/mol. The summed E-state index contributed by atoms with van der Waals surface area (Å²) in [5.41, 5.74) is 5.12. The van der Waals surface area contributed by atoms with Crippen LogP contribution >= 0.6 is 0 Å². The number of likely N-dealkylation sites (tertiary alicyclic amines) is 1. The van der Waals surface area contributed by atoms with Gasteiger partial charge in [-0.2, -0.15) is 0 Å². The van der Waals surface area contributed by atoms with Crippen LogP contribution in [0.3, 0.4) is 0 Å². The van der Waals surface area contributed by atoms with Gasteiger partial charge in [0.1, 0.15) is 11.6 Å². The Hall–Kier alpha value is -2.72. The molecular formula is C29H32F2N2. The Morgan fingerprint density at radius 3 is 2.00 bits per heavy atom. The second-order valence-electron chi connectivity index (χ2n) is 9.44. The summed E-state index contributed by atoms with van der Waals surface area (Å²) in [6.07, 6.45) is 5.64. The van der Waals surface area contributed by atoms with Gasteiger partial charge in [-0.25, -0.2) is 8.78 Å². The van der Waals surface area contributed by atoms with Gasteiger partial charge in [0.15, 0.2) is 0 Å². The fourth-order valence-corrected chi connectivity index (χ4v) is 5.63. The summed E-state index contributed by atoms with van der Waals surface area (Å²) in [5, 5.41) is 0. The third-order valence-corrected chi connectivity index (χ3v) is 7.43. The molecule has 33 heavy (non-hydrogen) atoms.